The van der Waals surface area contributed by atoms with E-state index >= 15 is 0 Å². The molecule has 0 atom stereocenters. The maximum atomic E-state index is 13.1. The lowest BCUT2D eigenvalue weighted by atomic mass is 10.2. The van der Waals surface area contributed by atoms with Crippen LogP contribution in [0.3, 0.4) is 0 Å². The minimum Gasteiger partial charge on any atom is -0.497 e. The summed E-state index contributed by atoms with van der Waals surface area (Å²) in [5.74, 6) is 0.410. The topological polar surface area (TPSA) is 99.0 Å². The van der Waals surface area contributed by atoms with Gasteiger partial charge in [0.1, 0.15) is 22.0 Å². The summed E-state index contributed by atoms with van der Waals surface area (Å²) in [6.07, 6.45) is 5.13. The van der Waals surface area contributed by atoms with Gasteiger partial charge in [-0.3, -0.25) is 4.79 Å². The number of ether oxygens (including phenoxy) is 2. The molecule has 2 aromatic carbocycles. The van der Waals surface area contributed by atoms with Gasteiger partial charge in [0, 0.05) is 31.2 Å². The molecular weight excluding hydrogens is 430 g/mol. The third kappa shape index (κ3) is 4.15. The molecule has 1 amide bonds. The molecule has 0 fully saturated rings. The Hall–Kier alpha value is -3.85. The fourth-order valence-corrected chi connectivity index (χ4v) is 4.68. The number of hydrogen-bond acceptors (Lipinski definition) is 6. The summed E-state index contributed by atoms with van der Waals surface area (Å²) in [6.45, 7) is 0.254. The third-order valence-corrected chi connectivity index (χ3v) is 6.79. The first-order valence-electron chi connectivity index (χ1n) is 9.69. The number of fused-ring (bicyclic) bond motifs is 1. The van der Waals surface area contributed by atoms with Crippen molar-refractivity contribution in [3.8, 4) is 11.5 Å². The van der Waals surface area contributed by atoms with Crippen LogP contribution in [0, 0.1) is 0 Å². The second kappa shape index (κ2) is 8.72. The summed E-state index contributed by atoms with van der Waals surface area (Å²) in [6, 6.07) is 14.4. The average molecular weight is 452 g/mol. The number of nitrogens with zero attached hydrogens (tertiary/aromatic N) is 2. The van der Waals surface area contributed by atoms with Crippen LogP contribution in [0.25, 0.3) is 5.65 Å². The number of carbonyl (C=O) groups excluding carboxylic acids is 1. The summed E-state index contributed by atoms with van der Waals surface area (Å²) in [4.78, 5) is 16.7. The summed E-state index contributed by atoms with van der Waals surface area (Å²) in [5.41, 5.74) is 2.02. The highest BCUT2D eigenvalue weighted by Crippen LogP contribution is 2.32. The fourth-order valence-electron chi connectivity index (χ4n) is 3.25. The number of nitrogens with one attached hydrogen (secondary N) is 1. The van der Waals surface area contributed by atoms with Crippen LogP contribution in [0.15, 0.2) is 83.0 Å². The Balaban J connectivity index is 1.49. The van der Waals surface area contributed by atoms with Crippen molar-refractivity contribution in [3.63, 3.8) is 0 Å². The molecule has 4 aromatic rings. The number of hydrogen-bond donors (Lipinski definition) is 1. The number of imidazole rings is 1. The molecule has 0 saturated carbocycles. The first kappa shape index (κ1) is 21.4. The highest BCUT2D eigenvalue weighted by Gasteiger charge is 2.23. The van der Waals surface area contributed by atoms with Crippen molar-refractivity contribution in [2.75, 3.05) is 14.2 Å². The smallest absolute Gasteiger partial charge is 0.253 e. The summed E-state index contributed by atoms with van der Waals surface area (Å²) < 4.78 is 38.4. The quantitative estimate of drug-likeness (QED) is 0.464. The molecule has 32 heavy (non-hydrogen) atoms. The van der Waals surface area contributed by atoms with E-state index in [-0.39, 0.29) is 28.0 Å². The molecule has 0 radical (unpaired) electrons. The van der Waals surface area contributed by atoms with E-state index in [0.29, 0.717) is 11.3 Å². The molecule has 0 aliphatic heterocycles. The molecule has 0 bridgehead atoms. The van der Waals surface area contributed by atoms with Crippen molar-refractivity contribution in [3.05, 3.63) is 84.3 Å². The third-order valence-electron chi connectivity index (χ3n) is 5.00. The highest BCUT2D eigenvalue weighted by atomic mass is 32.2. The van der Waals surface area contributed by atoms with Crippen molar-refractivity contribution >= 4 is 21.4 Å². The van der Waals surface area contributed by atoms with Gasteiger partial charge in [0.15, 0.2) is 0 Å². The Bertz CT molecular complexity index is 1380. The van der Waals surface area contributed by atoms with E-state index in [9.17, 15) is 13.2 Å². The van der Waals surface area contributed by atoms with Gasteiger partial charge >= 0.3 is 0 Å². The van der Waals surface area contributed by atoms with Gasteiger partial charge in [-0.1, -0.05) is 12.1 Å². The number of methoxy groups -OCH3 is 2. The molecule has 9 heteroatoms. The van der Waals surface area contributed by atoms with Gasteiger partial charge in [-0.15, -0.1) is 0 Å². The van der Waals surface area contributed by atoms with Crippen LogP contribution in [-0.2, 0) is 16.4 Å². The first-order valence-corrected chi connectivity index (χ1v) is 11.2. The normalized spacial score (nSPS) is 11.3. The predicted octanol–water partition coefficient (Wildman–Crippen LogP) is 3.11. The predicted molar refractivity (Wildman–Crippen MR) is 118 cm³/mol. The number of aromatic nitrogens is 2. The zero-order valence-electron chi connectivity index (χ0n) is 17.5. The Labute approximate surface area is 185 Å². The molecule has 0 aliphatic carbocycles. The fraction of sp³-hybridized carbons (Fsp3) is 0.130. The Morgan fingerprint density at radius 3 is 2.53 bits per heavy atom. The van der Waals surface area contributed by atoms with Crippen molar-refractivity contribution < 1.29 is 22.7 Å². The number of sulfone groups is 1. The van der Waals surface area contributed by atoms with Crippen LogP contribution < -0.4 is 14.8 Å². The molecule has 0 unspecified atom stereocenters. The van der Waals surface area contributed by atoms with Gasteiger partial charge < -0.3 is 19.2 Å². The lowest BCUT2D eigenvalue weighted by Gasteiger charge is -2.12. The van der Waals surface area contributed by atoms with Gasteiger partial charge in [0.25, 0.3) is 5.91 Å². The standard InChI is InChI=1S/C23H21N3O5S/c1-30-18-6-9-20(31-2)21(13-18)32(28,29)19-7-3-16(4-8-19)14-25-23(27)17-5-10-22-24-11-12-26(22)15-17/h3-13,15H,14H2,1-2H3,(H,25,27). The second-order valence-corrected chi connectivity index (χ2v) is 8.88. The van der Waals surface area contributed by atoms with Crippen LogP contribution in [-0.4, -0.2) is 37.9 Å². The van der Waals surface area contributed by atoms with Crippen molar-refractivity contribution in [2.24, 2.45) is 0 Å². The van der Waals surface area contributed by atoms with Gasteiger partial charge in [-0.05, 0) is 42.0 Å². The Kier molecular flexibility index (Phi) is 5.83. The molecule has 0 aliphatic rings. The molecule has 2 aromatic heterocycles. The summed E-state index contributed by atoms with van der Waals surface area (Å²) in [5, 5.41) is 2.84. The minimum absolute atomic E-state index is 0.0234. The molecule has 4 rings (SSSR count). The van der Waals surface area contributed by atoms with Gasteiger partial charge in [0.2, 0.25) is 9.84 Å². The van der Waals surface area contributed by atoms with Gasteiger partial charge in [0.05, 0.1) is 24.7 Å². The lowest BCUT2D eigenvalue weighted by Crippen LogP contribution is -2.23. The van der Waals surface area contributed by atoms with Gasteiger partial charge in [-0.25, -0.2) is 13.4 Å². The van der Waals surface area contributed by atoms with Gasteiger partial charge in [-0.2, -0.15) is 0 Å². The van der Waals surface area contributed by atoms with Crippen LogP contribution >= 0.6 is 0 Å². The van der Waals surface area contributed by atoms with E-state index in [2.05, 4.69) is 10.3 Å². The van der Waals surface area contributed by atoms with E-state index in [1.54, 1.807) is 59.4 Å². The number of carbonyl (C=O) groups is 1. The van der Waals surface area contributed by atoms with Crippen molar-refractivity contribution in [2.45, 2.75) is 16.3 Å². The minimum atomic E-state index is -3.82. The number of amides is 1. The van der Waals surface area contributed by atoms with E-state index in [1.165, 1.54) is 32.4 Å². The zero-order chi connectivity index (χ0) is 22.7. The number of rotatable bonds is 7. The highest BCUT2D eigenvalue weighted by molar-refractivity contribution is 7.91. The van der Waals surface area contributed by atoms with Crippen LogP contribution in [0.4, 0.5) is 0 Å². The van der Waals surface area contributed by atoms with Crippen molar-refractivity contribution in [1.29, 1.82) is 0 Å². The molecular formula is C23H21N3O5S. The number of benzene rings is 2. The summed E-state index contributed by atoms with van der Waals surface area (Å²) in [7, 11) is -0.941. The van der Waals surface area contributed by atoms with E-state index < -0.39 is 9.84 Å². The molecule has 2 heterocycles. The Morgan fingerprint density at radius 2 is 1.81 bits per heavy atom. The van der Waals surface area contributed by atoms with Crippen molar-refractivity contribution in [1.82, 2.24) is 14.7 Å². The Morgan fingerprint density at radius 1 is 1.03 bits per heavy atom. The largest absolute Gasteiger partial charge is 0.497 e. The maximum Gasteiger partial charge on any atom is 0.253 e. The second-order valence-electron chi connectivity index (χ2n) is 6.96. The molecule has 164 valence electrons. The molecule has 8 nitrogen and oxygen atoms in total. The van der Waals surface area contributed by atoms with E-state index in [1.807, 2.05) is 0 Å². The van der Waals surface area contributed by atoms with Crippen LogP contribution in [0.5, 0.6) is 11.5 Å². The maximum absolute atomic E-state index is 13.1. The van der Waals surface area contributed by atoms with Crippen LogP contribution in [0.2, 0.25) is 0 Å². The molecule has 1 N–H and O–H groups in total. The summed E-state index contributed by atoms with van der Waals surface area (Å²) >= 11 is 0. The first-order chi connectivity index (χ1) is 15.4. The zero-order valence-corrected chi connectivity index (χ0v) is 18.3. The number of pyridine rings is 1. The van der Waals surface area contributed by atoms with E-state index in [4.69, 9.17) is 9.47 Å². The SMILES string of the molecule is COc1ccc(OC)c(S(=O)(=O)c2ccc(CNC(=O)c3ccc4nccn4c3)cc2)c1. The monoisotopic (exact) mass is 451 g/mol. The van der Waals surface area contributed by atoms with E-state index in [0.717, 1.165) is 11.2 Å². The van der Waals surface area contributed by atoms with Crippen LogP contribution in [0.1, 0.15) is 15.9 Å². The lowest BCUT2D eigenvalue weighted by molar-refractivity contribution is 0.0950. The molecule has 0 saturated heterocycles. The average Bonchev–Trinajstić information content (AvgIpc) is 3.30. The molecule has 0 spiro atoms.